The third-order valence-corrected chi connectivity index (χ3v) is 11.9. The monoisotopic (exact) mass is 722 g/mol. The summed E-state index contributed by atoms with van der Waals surface area (Å²) in [5.74, 6) is 0.199. The third kappa shape index (κ3) is 5.69. The first-order valence-corrected chi connectivity index (χ1v) is 19.9. The van der Waals surface area contributed by atoms with Gasteiger partial charge in [-0.05, 0) is 129 Å². The molecule has 0 fully saturated rings. The highest BCUT2D eigenvalue weighted by Crippen LogP contribution is 2.51. The minimum Gasteiger partial charge on any atom is -0.0622 e. The van der Waals surface area contributed by atoms with Crippen LogP contribution in [0, 0.1) is 0 Å². The SMILES string of the molecule is c1ccc(-c2cc(-c3ccccc3)cc(-c3ccc(-c4c5ccccc5c(-c5ccc6c(c5)C(c5ccccc5)c5ccccc5-6)c5ccccc45)cc3)c2)cc1. The predicted molar refractivity (Wildman–Crippen MR) is 241 cm³/mol. The van der Waals surface area contributed by atoms with Crippen LogP contribution >= 0.6 is 0 Å². The number of benzene rings is 10. The average Bonchev–Trinajstić information content (AvgIpc) is 3.62. The molecule has 0 amide bonds. The second-order valence-electron chi connectivity index (χ2n) is 15.2. The molecule has 0 aliphatic heterocycles. The van der Waals surface area contributed by atoms with E-state index < -0.39 is 0 Å². The molecule has 266 valence electrons. The summed E-state index contributed by atoms with van der Waals surface area (Å²) < 4.78 is 0. The first kappa shape index (κ1) is 33.1. The van der Waals surface area contributed by atoms with Gasteiger partial charge in [0.05, 0.1) is 0 Å². The lowest BCUT2D eigenvalue weighted by molar-refractivity contribution is 1.02. The molecule has 11 rings (SSSR count). The Balaban J connectivity index is 1.06. The maximum Gasteiger partial charge on any atom is 0.0352 e. The van der Waals surface area contributed by atoms with Crippen LogP contribution in [0.1, 0.15) is 22.6 Å². The van der Waals surface area contributed by atoms with Gasteiger partial charge < -0.3 is 0 Å². The number of hydrogen-bond donors (Lipinski definition) is 0. The molecule has 0 aromatic heterocycles. The van der Waals surface area contributed by atoms with Crippen LogP contribution in [0.3, 0.4) is 0 Å². The van der Waals surface area contributed by atoms with E-state index in [-0.39, 0.29) is 5.92 Å². The maximum absolute atomic E-state index is 2.48. The molecule has 1 unspecified atom stereocenters. The lowest BCUT2D eigenvalue weighted by Crippen LogP contribution is -1.99. The van der Waals surface area contributed by atoms with Gasteiger partial charge in [0.15, 0.2) is 0 Å². The van der Waals surface area contributed by atoms with E-state index in [2.05, 4.69) is 224 Å². The minimum atomic E-state index is 0.199. The second kappa shape index (κ2) is 13.8. The van der Waals surface area contributed by atoms with Gasteiger partial charge in [0.1, 0.15) is 0 Å². The Morgan fingerprint density at radius 2 is 0.614 bits per heavy atom. The van der Waals surface area contributed by atoms with E-state index in [1.54, 1.807) is 0 Å². The Labute approximate surface area is 334 Å². The molecule has 0 spiro atoms. The fourth-order valence-electron chi connectivity index (χ4n) is 9.34. The highest BCUT2D eigenvalue weighted by Gasteiger charge is 2.30. The lowest BCUT2D eigenvalue weighted by atomic mass is 9.84. The Hall–Kier alpha value is -7.28. The summed E-state index contributed by atoms with van der Waals surface area (Å²) in [6.07, 6.45) is 0. The van der Waals surface area contributed by atoms with Gasteiger partial charge in [-0.1, -0.05) is 200 Å². The van der Waals surface area contributed by atoms with Gasteiger partial charge in [-0.25, -0.2) is 0 Å². The quantitative estimate of drug-likeness (QED) is 0.150. The Bertz CT molecular complexity index is 2970. The third-order valence-electron chi connectivity index (χ3n) is 11.9. The normalized spacial score (nSPS) is 13.1. The number of rotatable bonds is 6. The standard InChI is InChI=1S/C57H38/c1-4-16-38(17-5-1)44-34-45(39-18-6-2-7-19-39)36-46(35-44)40-28-30-42(31-29-40)55-50-24-12-14-26-52(50)57(53-27-15-13-25-51(53)55)43-32-33-48-47-22-10-11-23-49(47)56(54(48)37-43)41-20-8-3-9-21-41/h1-37,56H. The number of fused-ring (bicyclic) bond motifs is 5. The van der Waals surface area contributed by atoms with E-state index in [0.717, 1.165) is 0 Å². The second-order valence-corrected chi connectivity index (χ2v) is 15.2. The van der Waals surface area contributed by atoms with Crippen LogP contribution in [-0.4, -0.2) is 0 Å². The van der Waals surface area contributed by atoms with Crippen molar-refractivity contribution in [3.8, 4) is 66.8 Å². The predicted octanol–water partition coefficient (Wildman–Crippen LogP) is 15.5. The molecule has 0 saturated heterocycles. The van der Waals surface area contributed by atoms with Crippen LogP contribution < -0.4 is 0 Å². The molecule has 10 aromatic rings. The topological polar surface area (TPSA) is 0 Å². The Morgan fingerprint density at radius 3 is 1.16 bits per heavy atom. The summed E-state index contributed by atoms with van der Waals surface area (Å²) in [5.41, 5.74) is 19.1. The molecule has 10 aromatic carbocycles. The smallest absolute Gasteiger partial charge is 0.0352 e. The van der Waals surface area contributed by atoms with Crippen molar-refractivity contribution in [1.29, 1.82) is 0 Å². The zero-order chi connectivity index (χ0) is 37.7. The average molecular weight is 723 g/mol. The van der Waals surface area contributed by atoms with Gasteiger partial charge in [-0.2, -0.15) is 0 Å². The van der Waals surface area contributed by atoms with E-state index in [9.17, 15) is 0 Å². The molecule has 0 nitrogen and oxygen atoms in total. The van der Waals surface area contributed by atoms with Crippen LogP contribution in [-0.2, 0) is 0 Å². The van der Waals surface area contributed by atoms with E-state index in [1.165, 1.54) is 105 Å². The number of hydrogen-bond acceptors (Lipinski definition) is 0. The molecule has 0 heteroatoms. The van der Waals surface area contributed by atoms with Gasteiger partial charge in [0, 0.05) is 5.92 Å². The zero-order valence-electron chi connectivity index (χ0n) is 31.4. The molecule has 1 aliphatic carbocycles. The van der Waals surface area contributed by atoms with E-state index in [4.69, 9.17) is 0 Å². The van der Waals surface area contributed by atoms with Gasteiger partial charge in [0.2, 0.25) is 0 Å². The van der Waals surface area contributed by atoms with Crippen molar-refractivity contribution in [3.63, 3.8) is 0 Å². The summed E-state index contributed by atoms with van der Waals surface area (Å²) in [5, 5.41) is 5.06. The fourth-order valence-corrected chi connectivity index (χ4v) is 9.34. The largest absolute Gasteiger partial charge is 0.0622 e. The van der Waals surface area contributed by atoms with E-state index in [0.29, 0.717) is 0 Å². The summed E-state index contributed by atoms with van der Waals surface area (Å²) >= 11 is 0. The van der Waals surface area contributed by atoms with Gasteiger partial charge >= 0.3 is 0 Å². The minimum absolute atomic E-state index is 0.199. The van der Waals surface area contributed by atoms with Crippen molar-refractivity contribution >= 4 is 21.5 Å². The van der Waals surface area contributed by atoms with Crippen LogP contribution in [0.2, 0.25) is 0 Å². The van der Waals surface area contributed by atoms with Gasteiger partial charge in [-0.3, -0.25) is 0 Å². The van der Waals surface area contributed by atoms with Crippen LogP contribution in [0.15, 0.2) is 224 Å². The van der Waals surface area contributed by atoms with Crippen molar-refractivity contribution in [1.82, 2.24) is 0 Å². The van der Waals surface area contributed by atoms with E-state index in [1.807, 2.05) is 0 Å². The molecule has 0 radical (unpaired) electrons. The van der Waals surface area contributed by atoms with Crippen LogP contribution in [0.4, 0.5) is 0 Å². The molecular weight excluding hydrogens is 685 g/mol. The molecule has 57 heavy (non-hydrogen) atoms. The summed E-state index contributed by atoms with van der Waals surface area (Å²) in [4.78, 5) is 0. The lowest BCUT2D eigenvalue weighted by Gasteiger charge is -2.19. The van der Waals surface area contributed by atoms with Crippen LogP contribution in [0.5, 0.6) is 0 Å². The first-order chi connectivity index (χ1) is 28.3. The molecular formula is C57H38. The Morgan fingerprint density at radius 1 is 0.228 bits per heavy atom. The maximum atomic E-state index is 2.48. The Kier molecular flexibility index (Phi) is 8.00. The molecule has 1 atom stereocenters. The van der Waals surface area contributed by atoms with Gasteiger partial charge in [0.25, 0.3) is 0 Å². The van der Waals surface area contributed by atoms with Crippen LogP contribution in [0.25, 0.3) is 88.3 Å². The molecule has 0 heterocycles. The van der Waals surface area contributed by atoms with Gasteiger partial charge in [-0.15, -0.1) is 0 Å². The molecule has 0 N–H and O–H groups in total. The summed E-state index contributed by atoms with van der Waals surface area (Å²) in [6, 6.07) is 82.7. The molecule has 0 saturated carbocycles. The van der Waals surface area contributed by atoms with Crippen molar-refractivity contribution in [2.24, 2.45) is 0 Å². The summed E-state index contributed by atoms with van der Waals surface area (Å²) in [7, 11) is 0. The summed E-state index contributed by atoms with van der Waals surface area (Å²) in [6.45, 7) is 0. The molecule has 0 bridgehead atoms. The fraction of sp³-hybridized carbons (Fsp3) is 0.0175. The van der Waals surface area contributed by atoms with Crippen molar-refractivity contribution in [2.45, 2.75) is 5.92 Å². The molecule has 1 aliphatic rings. The van der Waals surface area contributed by atoms with Crippen molar-refractivity contribution in [2.75, 3.05) is 0 Å². The van der Waals surface area contributed by atoms with Crippen molar-refractivity contribution in [3.05, 3.63) is 241 Å². The van der Waals surface area contributed by atoms with Crippen molar-refractivity contribution < 1.29 is 0 Å². The highest BCUT2D eigenvalue weighted by molar-refractivity contribution is 6.21. The first-order valence-electron chi connectivity index (χ1n) is 19.9. The zero-order valence-corrected chi connectivity index (χ0v) is 31.4. The van der Waals surface area contributed by atoms with E-state index >= 15 is 0 Å². The highest BCUT2D eigenvalue weighted by atomic mass is 14.3.